The molecule has 0 saturated carbocycles. The maximum absolute atomic E-state index is 10.5. The average molecular weight is 241 g/mol. The third-order valence-corrected chi connectivity index (χ3v) is 1.84. The summed E-state index contributed by atoms with van der Waals surface area (Å²) < 4.78 is 30.3. The van der Waals surface area contributed by atoms with E-state index in [0.717, 1.165) is 0 Å². The summed E-state index contributed by atoms with van der Waals surface area (Å²) in [5.41, 5.74) is -0.166. The molecular formula is C10H10ClNaO3. The van der Waals surface area contributed by atoms with Crippen LogP contribution in [0.5, 0.6) is 0 Å². The molecule has 15 heavy (non-hydrogen) atoms. The molecule has 0 aliphatic carbocycles. The molecule has 0 spiro atoms. The molecule has 0 saturated heterocycles. The van der Waals surface area contributed by atoms with Crippen molar-refractivity contribution in [2.24, 2.45) is 0 Å². The fourth-order valence-electron chi connectivity index (χ4n) is 0.970. The molecule has 76 valence electrons. The van der Waals surface area contributed by atoms with Crippen LogP contribution < -0.4 is 34.7 Å². The molecule has 0 radical (unpaired) electrons. The molecule has 0 heterocycles. The van der Waals surface area contributed by atoms with Crippen molar-refractivity contribution < 1.29 is 50.0 Å². The van der Waals surface area contributed by atoms with Gasteiger partial charge in [0.1, 0.15) is 0 Å². The second kappa shape index (κ2) is 7.25. The van der Waals surface area contributed by atoms with Gasteiger partial charge in [-0.3, -0.25) is 0 Å². The van der Waals surface area contributed by atoms with Crippen molar-refractivity contribution in [2.45, 2.75) is 12.3 Å². The first kappa shape index (κ1) is 9.02. The Balaban J connectivity index is 0.00000324. The van der Waals surface area contributed by atoms with Crippen molar-refractivity contribution >= 4 is 17.6 Å². The van der Waals surface area contributed by atoms with Crippen molar-refractivity contribution in [2.75, 3.05) is 6.61 Å². The predicted octanol–water partition coefficient (Wildman–Crippen LogP) is -2.44. The summed E-state index contributed by atoms with van der Waals surface area (Å²) >= 11 is 5.61. The molecule has 1 rings (SSSR count). The van der Waals surface area contributed by atoms with Gasteiger partial charge in [0.05, 0.1) is 12.1 Å². The number of hydrogen-bond acceptors (Lipinski definition) is 3. The second-order valence-electron chi connectivity index (χ2n) is 2.68. The van der Waals surface area contributed by atoms with Crippen LogP contribution in [0.25, 0.3) is 0 Å². The minimum Gasteiger partial charge on any atom is -0.550 e. The summed E-state index contributed by atoms with van der Waals surface area (Å²) in [6.07, 6.45) is -0.589. The maximum atomic E-state index is 10.5. The van der Waals surface area contributed by atoms with Crippen molar-refractivity contribution in [1.82, 2.24) is 0 Å². The van der Waals surface area contributed by atoms with E-state index in [4.69, 9.17) is 22.2 Å². The van der Waals surface area contributed by atoms with E-state index in [0.29, 0.717) is 0 Å². The molecule has 0 aromatic heterocycles. The SMILES string of the molecule is [2H]c1c([2H])c(C(CO)CC(=O)[O-])c([2H])c([2H])c1Cl.[Na+]. The number of hydrogen-bond donors (Lipinski definition) is 1. The Morgan fingerprint density at radius 1 is 1.53 bits per heavy atom. The van der Waals surface area contributed by atoms with Crippen molar-refractivity contribution in [3.8, 4) is 0 Å². The van der Waals surface area contributed by atoms with E-state index in [1.807, 2.05) is 0 Å². The smallest absolute Gasteiger partial charge is 0.550 e. The summed E-state index contributed by atoms with van der Waals surface area (Å²) in [5, 5.41) is 19.3. The van der Waals surface area contributed by atoms with E-state index in [-0.39, 0.29) is 40.1 Å². The number of halogens is 1. The molecule has 1 atom stereocenters. The fraction of sp³-hybridized carbons (Fsp3) is 0.300. The molecule has 1 unspecified atom stereocenters. The number of benzene rings is 1. The van der Waals surface area contributed by atoms with Crippen LogP contribution in [0, 0.1) is 0 Å². The van der Waals surface area contributed by atoms with Crippen LogP contribution in [0.3, 0.4) is 0 Å². The van der Waals surface area contributed by atoms with E-state index in [1.165, 1.54) is 0 Å². The number of rotatable bonds is 4. The number of carbonyl (C=O) groups excluding carboxylic acids is 1. The molecular weight excluding hydrogens is 227 g/mol. The van der Waals surface area contributed by atoms with Gasteiger partial charge in [-0.15, -0.1) is 0 Å². The van der Waals surface area contributed by atoms with E-state index >= 15 is 0 Å². The van der Waals surface area contributed by atoms with Gasteiger partial charge in [0.15, 0.2) is 0 Å². The Morgan fingerprint density at radius 2 is 2.07 bits per heavy atom. The first-order valence-electron chi connectivity index (χ1n) is 5.87. The number of aliphatic hydroxyl groups is 1. The molecule has 1 aromatic carbocycles. The molecule has 0 aliphatic rings. The molecule has 0 bridgehead atoms. The van der Waals surface area contributed by atoms with Crippen LogP contribution in [-0.2, 0) is 4.79 Å². The quantitative estimate of drug-likeness (QED) is 0.595. The number of aliphatic carboxylic acids is 1. The van der Waals surface area contributed by atoms with Crippen molar-refractivity contribution in [1.29, 1.82) is 0 Å². The van der Waals surface area contributed by atoms with Gasteiger partial charge in [-0.2, -0.15) is 0 Å². The molecule has 3 nitrogen and oxygen atoms in total. The van der Waals surface area contributed by atoms with Gasteiger partial charge in [-0.25, -0.2) is 0 Å². The number of carboxylic acids is 1. The number of carboxylic acid groups (broad SMARTS) is 1. The molecule has 1 aromatic rings. The summed E-state index contributed by atoms with van der Waals surface area (Å²) in [6.45, 7) is -0.619. The maximum Gasteiger partial charge on any atom is 1.00 e. The molecule has 0 amide bonds. The first-order valence-corrected chi connectivity index (χ1v) is 4.25. The molecule has 5 heteroatoms. The summed E-state index contributed by atoms with van der Waals surface area (Å²) in [6, 6.07) is -1.79. The van der Waals surface area contributed by atoms with Gasteiger partial charge in [-0.05, 0) is 24.1 Å². The van der Waals surface area contributed by atoms with Crippen LogP contribution in [-0.4, -0.2) is 17.7 Å². The van der Waals surface area contributed by atoms with Crippen LogP contribution in [0.15, 0.2) is 24.2 Å². The first-order chi connectivity index (χ1) is 8.31. The molecule has 0 aliphatic heterocycles. The van der Waals surface area contributed by atoms with Crippen LogP contribution in [0.2, 0.25) is 5.02 Å². The molecule has 0 fully saturated rings. The third kappa shape index (κ3) is 5.00. The van der Waals surface area contributed by atoms with Crippen LogP contribution in [0.1, 0.15) is 23.4 Å². The van der Waals surface area contributed by atoms with Gasteiger partial charge in [-0.1, -0.05) is 23.7 Å². The normalized spacial score (nSPS) is 15.3. The number of aliphatic hydroxyl groups excluding tert-OH is 1. The van der Waals surface area contributed by atoms with Gasteiger partial charge in [0, 0.05) is 16.9 Å². The average Bonchev–Trinajstić information content (AvgIpc) is 2.32. The van der Waals surface area contributed by atoms with Crippen LogP contribution >= 0.6 is 11.6 Å². The minimum atomic E-state index is -1.44. The monoisotopic (exact) mass is 240 g/mol. The van der Waals surface area contributed by atoms with Gasteiger partial charge in [0.2, 0.25) is 0 Å². The third-order valence-electron chi connectivity index (χ3n) is 1.66. The van der Waals surface area contributed by atoms with E-state index < -0.39 is 49.1 Å². The largest absolute Gasteiger partial charge is 1.00 e. The minimum absolute atomic E-state index is 0. The van der Waals surface area contributed by atoms with Gasteiger partial charge >= 0.3 is 29.6 Å². The standard InChI is InChI=1S/C10H11ClO3.Na/c11-9-3-1-7(2-4-9)8(6-12)5-10(13)14;/h1-4,8,12H,5-6H2,(H,13,14);/q;+1/p-1/i1D,2D,3D,4D;. The van der Waals surface area contributed by atoms with Gasteiger partial charge < -0.3 is 15.0 Å². The fourth-order valence-corrected chi connectivity index (χ4v) is 1.06. The summed E-state index contributed by atoms with van der Waals surface area (Å²) in [7, 11) is 0. The molecule has 1 N–H and O–H groups in total. The summed E-state index contributed by atoms with van der Waals surface area (Å²) in [5.74, 6) is -2.50. The Labute approximate surface area is 121 Å². The van der Waals surface area contributed by atoms with Gasteiger partial charge in [0.25, 0.3) is 0 Å². The number of carbonyl (C=O) groups is 1. The van der Waals surface area contributed by atoms with Crippen LogP contribution in [0.4, 0.5) is 0 Å². The van der Waals surface area contributed by atoms with Crippen molar-refractivity contribution in [3.63, 3.8) is 0 Å². The Kier molecular flexibility index (Phi) is 4.36. The Hall–Kier alpha value is -0.0600. The van der Waals surface area contributed by atoms with E-state index in [9.17, 15) is 9.90 Å². The zero-order chi connectivity index (χ0) is 14.0. The topological polar surface area (TPSA) is 60.4 Å². The second-order valence-corrected chi connectivity index (χ2v) is 3.06. The van der Waals surface area contributed by atoms with Crippen molar-refractivity contribution in [3.05, 3.63) is 34.8 Å². The zero-order valence-electron chi connectivity index (χ0n) is 12.1. The predicted molar refractivity (Wildman–Crippen MR) is 50.9 cm³/mol. The Morgan fingerprint density at radius 3 is 2.47 bits per heavy atom. The zero-order valence-corrected chi connectivity index (χ0v) is 10.9. The Bertz CT molecular complexity index is 469. The van der Waals surface area contributed by atoms with E-state index in [2.05, 4.69) is 0 Å². The van der Waals surface area contributed by atoms with E-state index in [1.54, 1.807) is 0 Å². The summed E-state index contributed by atoms with van der Waals surface area (Å²) in [4.78, 5) is 10.5.